The number of nitrogens with one attached hydrogen (secondary N) is 1. The summed E-state index contributed by atoms with van der Waals surface area (Å²) < 4.78 is 1.91. The van der Waals surface area contributed by atoms with E-state index < -0.39 is 0 Å². The molecule has 2 aromatic rings. The summed E-state index contributed by atoms with van der Waals surface area (Å²) in [5.74, 6) is 5.78. The highest BCUT2D eigenvalue weighted by Gasteiger charge is 2.19. The Morgan fingerprint density at radius 2 is 2.05 bits per heavy atom. The predicted octanol–water partition coefficient (Wildman–Crippen LogP) is 2.15. The number of hydrazine groups is 1. The van der Waals surface area contributed by atoms with Gasteiger partial charge in [-0.05, 0) is 37.5 Å². The fraction of sp³-hybridized carbons (Fsp3) is 0.400. The average molecular weight is 258 g/mol. The van der Waals surface area contributed by atoms with Gasteiger partial charge in [-0.15, -0.1) is 0 Å². The normalized spacial score (nSPS) is 12.7. The molecule has 0 saturated heterocycles. The van der Waals surface area contributed by atoms with Crippen LogP contribution in [-0.2, 0) is 13.5 Å². The number of benzene rings is 1. The molecule has 1 aromatic heterocycles. The van der Waals surface area contributed by atoms with Gasteiger partial charge < -0.3 is 0 Å². The Balaban J connectivity index is 2.49. The lowest BCUT2D eigenvalue weighted by Crippen LogP contribution is -2.31. The van der Waals surface area contributed by atoms with E-state index in [1.807, 2.05) is 11.7 Å². The molecule has 1 atom stereocenters. The van der Waals surface area contributed by atoms with E-state index in [4.69, 9.17) is 5.84 Å². The van der Waals surface area contributed by atoms with Crippen LogP contribution in [0, 0.1) is 13.8 Å². The zero-order valence-electron chi connectivity index (χ0n) is 12.1. The van der Waals surface area contributed by atoms with Gasteiger partial charge in [0.15, 0.2) is 0 Å². The van der Waals surface area contributed by atoms with E-state index in [9.17, 15) is 0 Å². The number of aryl methyl sites for hydroxylation is 4. The van der Waals surface area contributed by atoms with Gasteiger partial charge in [-0.3, -0.25) is 10.5 Å². The summed E-state index contributed by atoms with van der Waals surface area (Å²) in [5.41, 5.74) is 8.76. The quantitative estimate of drug-likeness (QED) is 0.652. The van der Waals surface area contributed by atoms with E-state index in [2.05, 4.69) is 55.6 Å². The third kappa shape index (κ3) is 2.69. The third-order valence-corrected chi connectivity index (χ3v) is 3.54. The van der Waals surface area contributed by atoms with E-state index in [1.165, 1.54) is 16.7 Å². The number of nitrogens with zero attached hydrogens (tertiary/aromatic N) is 2. The molecule has 19 heavy (non-hydrogen) atoms. The highest BCUT2D eigenvalue weighted by atomic mass is 15.3. The van der Waals surface area contributed by atoms with Gasteiger partial charge >= 0.3 is 0 Å². The van der Waals surface area contributed by atoms with Crippen molar-refractivity contribution < 1.29 is 0 Å². The molecule has 0 amide bonds. The van der Waals surface area contributed by atoms with Gasteiger partial charge in [0, 0.05) is 7.05 Å². The van der Waals surface area contributed by atoms with Crippen molar-refractivity contribution in [3.8, 4) is 0 Å². The first-order valence-corrected chi connectivity index (χ1v) is 6.63. The number of hydrogen-bond acceptors (Lipinski definition) is 3. The molecule has 2 rings (SSSR count). The van der Waals surface area contributed by atoms with Gasteiger partial charge in [0.1, 0.15) is 0 Å². The van der Waals surface area contributed by atoms with Crippen LogP contribution < -0.4 is 11.3 Å². The first kappa shape index (κ1) is 13.8. The Bertz CT molecular complexity index is 572. The van der Waals surface area contributed by atoms with Crippen molar-refractivity contribution >= 4 is 0 Å². The monoisotopic (exact) mass is 258 g/mol. The third-order valence-electron chi connectivity index (χ3n) is 3.54. The van der Waals surface area contributed by atoms with Crippen molar-refractivity contribution in [1.82, 2.24) is 15.2 Å². The van der Waals surface area contributed by atoms with Gasteiger partial charge in [-0.2, -0.15) is 5.10 Å². The summed E-state index contributed by atoms with van der Waals surface area (Å²) >= 11 is 0. The molecule has 0 radical (unpaired) electrons. The Morgan fingerprint density at radius 1 is 1.32 bits per heavy atom. The molecule has 0 aliphatic rings. The van der Waals surface area contributed by atoms with Gasteiger partial charge in [-0.25, -0.2) is 5.43 Å². The van der Waals surface area contributed by atoms with E-state index in [0.717, 1.165) is 17.8 Å². The molecule has 0 bridgehead atoms. The van der Waals surface area contributed by atoms with Gasteiger partial charge in [-0.1, -0.05) is 30.7 Å². The number of aromatic nitrogens is 2. The molecule has 0 aliphatic carbocycles. The van der Waals surface area contributed by atoms with E-state index in [0.29, 0.717) is 0 Å². The van der Waals surface area contributed by atoms with Crippen molar-refractivity contribution in [2.24, 2.45) is 12.9 Å². The lowest BCUT2D eigenvalue weighted by Gasteiger charge is -2.19. The summed E-state index contributed by atoms with van der Waals surface area (Å²) in [6, 6.07) is 8.52. The van der Waals surface area contributed by atoms with Crippen LogP contribution >= 0.6 is 0 Å². The number of hydrogen-bond donors (Lipinski definition) is 2. The fourth-order valence-electron chi connectivity index (χ4n) is 2.39. The summed E-state index contributed by atoms with van der Waals surface area (Å²) in [4.78, 5) is 0. The average Bonchev–Trinajstić information content (AvgIpc) is 2.76. The Hall–Kier alpha value is -1.65. The van der Waals surface area contributed by atoms with Crippen LogP contribution in [0.1, 0.15) is 41.0 Å². The van der Waals surface area contributed by atoms with Crippen LogP contribution in [0.4, 0.5) is 0 Å². The van der Waals surface area contributed by atoms with E-state index in [-0.39, 0.29) is 6.04 Å². The van der Waals surface area contributed by atoms with Crippen molar-refractivity contribution in [2.75, 3.05) is 0 Å². The molecule has 0 saturated carbocycles. The largest absolute Gasteiger partial charge is 0.271 e. The SMILES string of the molecule is CCc1cc(C(NN)c2cc(C)ccc2C)n(C)n1. The highest BCUT2D eigenvalue weighted by Crippen LogP contribution is 2.25. The van der Waals surface area contributed by atoms with Gasteiger partial charge in [0.05, 0.1) is 17.4 Å². The lowest BCUT2D eigenvalue weighted by molar-refractivity contribution is 0.571. The first-order valence-electron chi connectivity index (χ1n) is 6.63. The smallest absolute Gasteiger partial charge is 0.0880 e. The van der Waals surface area contributed by atoms with E-state index in [1.54, 1.807) is 0 Å². The maximum atomic E-state index is 5.78. The summed E-state index contributed by atoms with van der Waals surface area (Å²) in [6.07, 6.45) is 0.929. The van der Waals surface area contributed by atoms with Gasteiger partial charge in [0.2, 0.25) is 0 Å². The van der Waals surface area contributed by atoms with Crippen molar-refractivity contribution in [2.45, 2.75) is 33.2 Å². The molecule has 4 heteroatoms. The molecule has 1 heterocycles. The van der Waals surface area contributed by atoms with Crippen LogP contribution in [0.15, 0.2) is 24.3 Å². The summed E-state index contributed by atoms with van der Waals surface area (Å²) in [6.45, 7) is 6.31. The zero-order chi connectivity index (χ0) is 14.0. The fourth-order valence-corrected chi connectivity index (χ4v) is 2.39. The molecule has 102 valence electrons. The molecule has 1 aromatic carbocycles. The minimum atomic E-state index is -0.0299. The number of rotatable bonds is 4. The lowest BCUT2D eigenvalue weighted by atomic mass is 9.97. The summed E-state index contributed by atoms with van der Waals surface area (Å²) in [5, 5.41) is 4.50. The standard InChI is InChI=1S/C15H22N4/c1-5-12-9-14(19(4)18-12)15(17-16)13-8-10(2)6-7-11(13)3/h6-9,15,17H,5,16H2,1-4H3. The Kier molecular flexibility index (Phi) is 4.02. The second-order valence-electron chi connectivity index (χ2n) is 5.00. The summed E-state index contributed by atoms with van der Waals surface area (Å²) in [7, 11) is 1.96. The van der Waals surface area contributed by atoms with Crippen molar-refractivity contribution in [1.29, 1.82) is 0 Å². The van der Waals surface area contributed by atoms with Crippen LogP contribution in [0.25, 0.3) is 0 Å². The maximum absolute atomic E-state index is 5.78. The second-order valence-corrected chi connectivity index (χ2v) is 5.00. The predicted molar refractivity (Wildman–Crippen MR) is 77.7 cm³/mol. The van der Waals surface area contributed by atoms with Crippen LogP contribution in [-0.4, -0.2) is 9.78 Å². The molecular weight excluding hydrogens is 236 g/mol. The molecule has 0 fully saturated rings. The second kappa shape index (κ2) is 5.55. The molecule has 0 spiro atoms. The Labute approximate surface area is 114 Å². The molecule has 3 N–H and O–H groups in total. The van der Waals surface area contributed by atoms with E-state index >= 15 is 0 Å². The van der Waals surface area contributed by atoms with Crippen LogP contribution in [0.5, 0.6) is 0 Å². The molecular formula is C15H22N4. The van der Waals surface area contributed by atoms with Crippen molar-refractivity contribution in [3.63, 3.8) is 0 Å². The molecule has 0 aliphatic heterocycles. The van der Waals surface area contributed by atoms with Crippen LogP contribution in [0.2, 0.25) is 0 Å². The van der Waals surface area contributed by atoms with Crippen LogP contribution in [0.3, 0.4) is 0 Å². The topological polar surface area (TPSA) is 55.9 Å². The minimum Gasteiger partial charge on any atom is -0.271 e. The highest BCUT2D eigenvalue weighted by molar-refractivity contribution is 5.37. The van der Waals surface area contributed by atoms with Gasteiger partial charge in [0.25, 0.3) is 0 Å². The Morgan fingerprint density at radius 3 is 2.63 bits per heavy atom. The zero-order valence-corrected chi connectivity index (χ0v) is 12.1. The first-order chi connectivity index (χ1) is 9.06. The minimum absolute atomic E-state index is 0.0299. The number of nitrogens with two attached hydrogens (primary N) is 1. The van der Waals surface area contributed by atoms with Crippen molar-refractivity contribution in [3.05, 3.63) is 52.3 Å². The molecule has 4 nitrogen and oxygen atoms in total. The molecule has 1 unspecified atom stereocenters. The maximum Gasteiger partial charge on any atom is 0.0880 e.